The third-order valence-corrected chi connectivity index (χ3v) is 5.10. The Labute approximate surface area is 136 Å². The maximum atomic E-state index is 12.8. The number of benzene rings is 1. The first-order chi connectivity index (χ1) is 11.0. The molecule has 3 rings (SSSR count). The number of nitrogens with zero attached hydrogens (tertiary/aromatic N) is 2. The fraction of sp³-hybridized carbons (Fsp3) is 0.556. The lowest BCUT2D eigenvalue weighted by Gasteiger charge is -2.34. The van der Waals surface area contributed by atoms with Gasteiger partial charge in [-0.3, -0.25) is 9.59 Å². The zero-order valence-electron chi connectivity index (χ0n) is 13.8. The van der Waals surface area contributed by atoms with Crippen molar-refractivity contribution in [2.45, 2.75) is 38.7 Å². The molecule has 0 radical (unpaired) electrons. The Balaban J connectivity index is 1.79. The molecule has 1 aromatic carbocycles. The van der Waals surface area contributed by atoms with Crippen molar-refractivity contribution in [3.63, 3.8) is 0 Å². The molecule has 5 nitrogen and oxygen atoms in total. The van der Waals surface area contributed by atoms with Crippen LogP contribution < -0.4 is 4.90 Å². The zero-order chi connectivity index (χ0) is 16.6. The first-order valence-electron chi connectivity index (χ1n) is 8.34. The van der Waals surface area contributed by atoms with Gasteiger partial charge in [0.25, 0.3) is 5.91 Å². The highest BCUT2D eigenvalue weighted by Crippen LogP contribution is 2.29. The molecule has 1 fully saturated rings. The van der Waals surface area contributed by atoms with Gasteiger partial charge in [-0.1, -0.05) is 0 Å². The molecule has 2 heterocycles. The van der Waals surface area contributed by atoms with Crippen molar-refractivity contribution in [2.75, 3.05) is 25.0 Å². The molecule has 0 saturated carbocycles. The Hall–Kier alpha value is -1.88. The normalized spacial score (nSPS) is 22.7. The quantitative estimate of drug-likeness (QED) is 0.905. The molecule has 2 aliphatic heterocycles. The molecule has 2 aliphatic rings. The highest BCUT2D eigenvalue weighted by molar-refractivity contribution is 5.99. The molecule has 124 valence electrons. The number of carbonyl (C=O) groups excluding carboxylic acids is 2. The highest BCUT2D eigenvalue weighted by Gasteiger charge is 2.28. The summed E-state index contributed by atoms with van der Waals surface area (Å²) in [5.41, 5.74) is 2.64. The number of hydrogen-bond donors (Lipinski definition) is 1. The lowest BCUT2D eigenvalue weighted by molar-refractivity contribution is -0.118. The van der Waals surface area contributed by atoms with Gasteiger partial charge in [0.05, 0.1) is 6.10 Å². The van der Waals surface area contributed by atoms with Gasteiger partial charge in [0, 0.05) is 43.7 Å². The molecule has 1 saturated heterocycles. The van der Waals surface area contributed by atoms with Gasteiger partial charge in [-0.05, 0) is 49.9 Å². The number of anilines is 1. The van der Waals surface area contributed by atoms with E-state index in [1.807, 2.05) is 23.1 Å². The zero-order valence-corrected chi connectivity index (χ0v) is 13.8. The molecule has 0 aliphatic carbocycles. The fourth-order valence-electron chi connectivity index (χ4n) is 3.56. The average molecular weight is 316 g/mol. The summed E-state index contributed by atoms with van der Waals surface area (Å²) in [6.45, 7) is 3.16. The monoisotopic (exact) mass is 316 g/mol. The minimum absolute atomic E-state index is 0.0257. The van der Waals surface area contributed by atoms with E-state index < -0.39 is 0 Å². The number of fused-ring (bicyclic) bond motifs is 1. The molecular formula is C18H24N2O3. The van der Waals surface area contributed by atoms with Crippen LogP contribution in [0.3, 0.4) is 0 Å². The Morgan fingerprint density at radius 3 is 2.87 bits per heavy atom. The second-order valence-electron chi connectivity index (χ2n) is 6.69. The molecule has 5 heteroatoms. The number of aryl methyl sites for hydroxylation is 1. The van der Waals surface area contributed by atoms with Crippen LogP contribution in [0.4, 0.5) is 5.69 Å². The molecule has 1 aromatic rings. The van der Waals surface area contributed by atoms with Gasteiger partial charge in [-0.25, -0.2) is 0 Å². The van der Waals surface area contributed by atoms with Crippen LogP contribution >= 0.6 is 0 Å². The van der Waals surface area contributed by atoms with E-state index in [1.54, 1.807) is 18.9 Å². The maximum absolute atomic E-state index is 12.8. The molecule has 0 aromatic heterocycles. The topological polar surface area (TPSA) is 60.9 Å². The van der Waals surface area contributed by atoms with E-state index in [1.165, 1.54) is 0 Å². The van der Waals surface area contributed by atoms with Crippen LogP contribution in [-0.4, -0.2) is 48.1 Å². The molecule has 2 amide bonds. The molecule has 2 atom stereocenters. The summed E-state index contributed by atoms with van der Waals surface area (Å²) in [7, 11) is 1.78. The van der Waals surface area contributed by atoms with Crippen molar-refractivity contribution >= 4 is 17.5 Å². The first-order valence-corrected chi connectivity index (χ1v) is 8.34. The first kappa shape index (κ1) is 16.0. The minimum atomic E-state index is -0.381. The van der Waals surface area contributed by atoms with E-state index in [0.29, 0.717) is 24.9 Å². The second-order valence-corrected chi connectivity index (χ2v) is 6.69. The van der Waals surface area contributed by atoms with Crippen molar-refractivity contribution < 1.29 is 14.7 Å². The van der Waals surface area contributed by atoms with Crippen molar-refractivity contribution in [2.24, 2.45) is 5.92 Å². The van der Waals surface area contributed by atoms with Gasteiger partial charge in [-0.2, -0.15) is 0 Å². The Morgan fingerprint density at radius 1 is 1.35 bits per heavy atom. The lowest BCUT2D eigenvalue weighted by atomic mass is 9.92. The summed E-state index contributed by atoms with van der Waals surface area (Å²) in [5.74, 6) is 0.305. The number of carbonyl (C=O) groups is 2. The molecule has 0 spiro atoms. The van der Waals surface area contributed by atoms with Gasteiger partial charge in [0.15, 0.2) is 0 Å². The summed E-state index contributed by atoms with van der Waals surface area (Å²) in [4.78, 5) is 28.0. The van der Waals surface area contributed by atoms with E-state index in [-0.39, 0.29) is 23.8 Å². The lowest BCUT2D eigenvalue weighted by Crippen LogP contribution is -2.43. The number of aliphatic hydroxyl groups excluding tert-OH is 1. The molecule has 1 N–H and O–H groups in total. The Kier molecular flexibility index (Phi) is 4.39. The smallest absolute Gasteiger partial charge is 0.253 e. The van der Waals surface area contributed by atoms with Crippen molar-refractivity contribution in [3.05, 3.63) is 29.3 Å². The summed E-state index contributed by atoms with van der Waals surface area (Å²) in [6, 6.07) is 5.60. The van der Waals surface area contributed by atoms with E-state index in [2.05, 4.69) is 0 Å². The van der Waals surface area contributed by atoms with Crippen LogP contribution in [0.5, 0.6) is 0 Å². The van der Waals surface area contributed by atoms with Crippen LogP contribution in [0.2, 0.25) is 0 Å². The van der Waals surface area contributed by atoms with E-state index in [4.69, 9.17) is 0 Å². The van der Waals surface area contributed by atoms with Gasteiger partial charge in [0.2, 0.25) is 5.91 Å². The summed E-state index contributed by atoms with van der Waals surface area (Å²) in [5, 5.41) is 9.78. The van der Waals surface area contributed by atoms with E-state index >= 15 is 0 Å². The number of amides is 2. The number of aliphatic hydroxyl groups is 1. The summed E-state index contributed by atoms with van der Waals surface area (Å²) < 4.78 is 0. The summed E-state index contributed by atoms with van der Waals surface area (Å²) in [6.07, 6.45) is 2.71. The fourth-order valence-corrected chi connectivity index (χ4v) is 3.56. The largest absolute Gasteiger partial charge is 0.393 e. The second kappa shape index (κ2) is 6.32. The van der Waals surface area contributed by atoms with E-state index in [9.17, 15) is 14.7 Å². The highest BCUT2D eigenvalue weighted by atomic mass is 16.3. The minimum Gasteiger partial charge on any atom is -0.393 e. The van der Waals surface area contributed by atoms with Crippen LogP contribution in [-0.2, 0) is 11.2 Å². The number of piperidine rings is 1. The number of likely N-dealkylation sites (tertiary alicyclic amines) is 1. The van der Waals surface area contributed by atoms with Gasteiger partial charge < -0.3 is 14.9 Å². The Bertz CT molecular complexity index is 627. The van der Waals surface area contributed by atoms with Crippen LogP contribution in [0.25, 0.3) is 0 Å². The van der Waals surface area contributed by atoms with Gasteiger partial charge >= 0.3 is 0 Å². The number of rotatable bonds is 2. The molecule has 0 bridgehead atoms. The third-order valence-electron chi connectivity index (χ3n) is 5.10. The molecule has 23 heavy (non-hydrogen) atoms. The van der Waals surface area contributed by atoms with Crippen LogP contribution in [0.15, 0.2) is 18.2 Å². The SMILES string of the molecule is CC(O)C1CCCN(C(=O)c2ccc3c(c2)CCC(=O)N3C)C1. The Morgan fingerprint density at radius 2 is 2.13 bits per heavy atom. The molecular weight excluding hydrogens is 292 g/mol. The standard InChI is InChI=1S/C18H24N2O3/c1-12(21)15-4-3-9-20(11-15)18(23)14-5-7-16-13(10-14)6-8-17(22)19(16)2/h5,7,10,12,15,21H,3-4,6,8-9,11H2,1-2H3. The number of hydrogen-bond acceptors (Lipinski definition) is 3. The van der Waals surface area contributed by atoms with Gasteiger partial charge in [0.1, 0.15) is 0 Å². The summed E-state index contributed by atoms with van der Waals surface area (Å²) >= 11 is 0. The van der Waals surface area contributed by atoms with Crippen molar-refractivity contribution in [1.82, 2.24) is 4.90 Å². The van der Waals surface area contributed by atoms with Crippen molar-refractivity contribution in [1.29, 1.82) is 0 Å². The van der Waals surface area contributed by atoms with Crippen LogP contribution in [0, 0.1) is 5.92 Å². The third kappa shape index (κ3) is 3.11. The predicted octanol–water partition coefficient (Wildman–Crippen LogP) is 1.83. The van der Waals surface area contributed by atoms with Crippen LogP contribution in [0.1, 0.15) is 42.1 Å². The predicted molar refractivity (Wildman–Crippen MR) is 88.5 cm³/mol. The average Bonchev–Trinajstić information content (AvgIpc) is 2.57. The van der Waals surface area contributed by atoms with Gasteiger partial charge in [-0.15, -0.1) is 0 Å². The van der Waals surface area contributed by atoms with Crippen molar-refractivity contribution in [3.8, 4) is 0 Å². The van der Waals surface area contributed by atoms with E-state index in [0.717, 1.165) is 30.6 Å². The molecule has 2 unspecified atom stereocenters. The maximum Gasteiger partial charge on any atom is 0.253 e.